The van der Waals surface area contributed by atoms with Crippen LogP contribution < -0.4 is 31.5 Å². The second-order valence-electron chi connectivity index (χ2n) is 6.84. The minimum Gasteiger partial charge on any atom is -0.455 e. The molecule has 4 nitrogen and oxygen atoms in total. The van der Waals surface area contributed by atoms with Crippen molar-refractivity contribution in [2.75, 3.05) is 0 Å². The second-order valence-corrected chi connectivity index (χ2v) is 8.38. The molecule has 3 aromatic carbocycles. The fourth-order valence-corrected chi connectivity index (χ4v) is 3.83. The maximum Gasteiger partial charge on any atom is 0.534 e. The molecule has 0 spiro atoms. The van der Waals surface area contributed by atoms with E-state index >= 15 is 0 Å². The van der Waals surface area contributed by atoms with Crippen molar-refractivity contribution in [3.63, 3.8) is 0 Å². The first kappa shape index (κ1) is 22.5. The maximum atomic E-state index is 13.0. The highest BCUT2D eigenvalue weighted by atomic mass is 32.2. The molecule has 148 valence electrons. The number of para-hydroxylation sites is 1. The molecule has 32 heavy (non-hydrogen) atoms. The Kier molecular flexibility index (Phi) is 5.23. The van der Waals surface area contributed by atoms with Crippen molar-refractivity contribution in [2.45, 2.75) is 5.51 Å². The molecule has 13 heteroatoms. The van der Waals surface area contributed by atoms with Crippen LogP contribution in [0.5, 0.6) is 5.75 Å². The Labute approximate surface area is 187 Å². The number of hydrogen-bond acceptors (Lipinski definition) is 4. The van der Waals surface area contributed by atoms with Gasteiger partial charge in [-0.05, 0) is 23.8 Å². The van der Waals surface area contributed by atoms with E-state index in [9.17, 15) is 21.6 Å². The monoisotopic (exact) mass is 442 g/mol. The maximum absolute atomic E-state index is 13.0. The molecular weight excluding hydrogens is 435 g/mol. The fraction of sp³-hybridized carbons (Fsp3) is 0.0526. The van der Waals surface area contributed by atoms with E-state index in [1.165, 1.54) is 6.07 Å². The zero-order valence-corrected chi connectivity index (χ0v) is 16.8. The summed E-state index contributed by atoms with van der Waals surface area (Å²) in [6, 6.07) is 9.10. The highest BCUT2D eigenvalue weighted by molar-refractivity contribution is 7.88. The molecule has 0 saturated carbocycles. The van der Waals surface area contributed by atoms with Crippen LogP contribution in [0.1, 0.15) is 0 Å². The number of rotatable bonds is 3. The van der Waals surface area contributed by atoms with Crippen LogP contribution in [-0.4, -0.2) is 53.2 Å². The van der Waals surface area contributed by atoms with Gasteiger partial charge in [-0.3, -0.25) is 0 Å². The van der Waals surface area contributed by atoms with Gasteiger partial charge in [-0.1, -0.05) is 29.1 Å². The molecule has 1 heterocycles. The third kappa shape index (κ3) is 3.34. The molecule has 0 amide bonds. The molecule has 10 radical (unpaired) electrons. The first-order valence-corrected chi connectivity index (χ1v) is 10.2. The topological polar surface area (TPSA) is 56.5 Å². The Balaban J connectivity index is 2.17. The molecule has 0 aliphatic rings. The average Bonchev–Trinajstić information content (AvgIpc) is 3.10. The van der Waals surface area contributed by atoms with E-state index in [1.807, 2.05) is 0 Å². The van der Waals surface area contributed by atoms with E-state index in [2.05, 4.69) is 4.18 Å². The standard InChI is InChI=1S/C19H6B5F3O4S/c20-13-12(14(21)16(23)17(24)15(13)22)11-10(31-32(28,29)19(25,26)27)6-5-8-7-3-1-2-4-9(7)30-18(8)11/h1-6H. The summed E-state index contributed by atoms with van der Waals surface area (Å²) in [4.78, 5) is 0. The smallest absolute Gasteiger partial charge is 0.455 e. The molecule has 0 N–H and O–H groups in total. The van der Waals surface area contributed by atoms with Crippen molar-refractivity contribution in [3.05, 3.63) is 36.4 Å². The molecule has 0 aliphatic heterocycles. The zero-order chi connectivity index (χ0) is 23.6. The van der Waals surface area contributed by atoms with Crippen LogP contribution in [0, 0.1) is 0 Å². The van der Waals surface area contributed by atoms with Crippen LogP contribution in [0.25, 0.3) is 33.1 Å². The Bertz CT molecular complexity index is 1480. The largest absolute Gasteiger partial charge is 0.534 e. The lowest BCUT2D eigenvalue weighted by atomic mass is 9.59. The van der Waals surface area contributed by atoms with Crippen molar-refractivity contribution in [3.8, 4) is 16.9 Å². The molecule has 0 fully saturated rings. The molecule has 0 atom stereocenters. The molecule has 1 aromatic heterocycles. The van der Waals surface area contributed by atoms with Gasteiger partial charge in [0.25, 0.3) is 0 Å². The molecule has 0 aliphatic carbocycles. The lowest BCUT2D eigenvalue weighted by Gasteiger charge is -2.23. The zero-order valence-electron chi connectivity index (χ0n) is 16.0. The lowest BCUT2D eigenvalue weighted by Crippen LogP contribution is -2.55. The van der Waals surface area contributed by atoms with Crippen molar-refractivity contribution in [1.29, 1.82) is 0 Å². The molecular formula is C19H6B5F3O4S. The third-order valence-corrected chi connectivity index (χ3v) is 5.91. The first-order chi connectivity index (χ1) is 14.8. The quantitative estimate of drug-likeness (QED) is 0.243. The Morgan fingerprint density at radius 3 is 1.91 bits per heavy atom. The minimum atomic E-state index is -6.04. The van der Waals surface area contributed by atoms with Gasteiger partial charge >= 0.3 is 15.6 Å². The van der Waals surface area contributed by atoms with Gasteiger partial charge in [0.15, 0.2) is 5.75 Å². The molecule has 0 saturated heterocycles. The number of benzene rings is 3. The van der Waals surface area contributed by atoms with Crippen LogP contribution in [-0.2, 0) is 10.1 Å². The highest BCUT2D eigenvalue weighted by Crippen LogP contribution is 2.41. The molecule has 4 aromatic rings. The van der Waals surface area contributed by atoms with Crippen LogP contribution in [0.2, 0.25) is 0 Å². The van der Waals surface area contributed by atoms with E-state index in [4.69, 9.17) is 43.6 Å². The summed E-state index contributed by atoms with van der Waals surface area (Å²) in [6.45, 7) is 0. The Hall–Kier alpha value is -2.68. The predicted molar refractivity (Wildman–Crippen MR) is 122 cm³/mol. The predicted octanol–water partition coefficient (Wildman–Crippen LogP) is -0.550. The van der Waals surface area contributed by atoms with Crippen molar-refractivity contribution < 1.29 is 30.2 Å². The third-order valence-electron chi connectivity index (χ3n) is 4.94. The van der Waals surface area contributed by atoms with Gasteiger partial charge in [-0.15, -0.1) is 16.4 Å². The van der Waals surface area contributed by atoms with Crippen LogP contribution in [0.4, 0.5) is 13.2 Å². The summed E-state index contributed by atoms with van der Waals surface area (Å²) in [7, 11) is 23.7. The van der Waals surface area contributed by atoms with Crippen molar-refractivity contribution in [2.24, 2.45) is 0 Å². The summed E-state index contributed by atoms with van der Waals surface area (Å²) in [5.74, 6) is -0.740. The van der Waals surface area contributed by atoms with Crippen LogP contribution in [0.3, 0.4) is 0 Å². The fourth-order valence-electron chi connectivity index (χ4n) is 3.36. The number of alkyl halides is 3. The van der Waals surface area contributed by atoms with Crippen LogP contribution >= 0.6 is 0 Å². The lowest BCUT2D eigenvalue weighted by molar-refractivity contribution is -0.0499. The van der Waals surface area contributed by atoms with E-state index in [0.29, 0.717) is 16.4 Å². The summed E-state index contributed by atoms with van der Waals surface area (Å²) >= 11 is 0. The normalized spacial score (nSPS) is 12.5. The summed E-state index contributed by atoms with van der Waals surface area (Å²) < 4.78 is 72.9. The number of hydrogen-bond donors (Lipinski definition) is 0. The van der Waals surface area contributed by atoms with Gasteiger partial charge in [0.1, 0.15) is 50.4 Å². The van der Waals surface area contributed by atoms with Gasteiger partial charge in [-0.25, -0.2) is 0 Å². The number of halogens is 3. The summed E-state index contributed by atoms with van der Waals surface area (Å²) in [6.07, 6.45) is 0. The van der Waals surface area contributed by atoms with Gasteiger partial charge in [-0.2, -0.15) is 21.6 Å². The first-order valence-electron chi connectivity index (χ1n) is 8.81. The van der Waals surface area contributed by atoms with E-state index in [0.717, 1.165) is 6.07 Å². The van der Waals surface area contributed by atoms with Crippen molar-refractivity contribution in [1.82, 2.24) is 0 Å². The van der Waals surface area contributed by atoms with Gasteiger partial charge < -0.3 is 8.60 Å². The van der Waals surface area contributed by atoms with E-state index in [-0.39, 0.29) is 44.0 Å². The van der Waals surface area contributed by atoms with E-state index in [1.54, 1.807) is 24.3 Å². The summed E-state index contributed by atoms with van der Waals surface area (Å²) in [5, 5.41) is 1.03. The molecule has 4 rings (SSSR count). The van der Waals surface area contributed by atoms with Gasteiger partial charge in [0.05, 0.1) is 5.56 Å². The molecule has 0 unspecified atom stereocenters. The highest BCUT2D eigenvalue weighted by Gasteiger charge is 2.49. The number of fused-ring (bicyclic) bond motifs is 3. The minimum absolute atomic E-state index is 0.0388. The summed E-state index contributed by atoms with van der Waals surface area (Å²) in [5.41, 5.74) is -6.81. The SMILES string of the molecule is [B]c1c([B])c([B])c(-c2c(OS(=O)(=O)C(F)(F)F)ccc3c2oc2ccccc23)c([B])c1[B]. The number of furan rings is 1. The van der Waals surface area contributed by atoms with Crippen molar-refractivity contribution >= 4 is 98.6 Å². The second kappa shape index (κ2) is 7.44. The van der Waals surface area contributed by atoms with E-state index < -0.39 is 21.4 Å². The van der Waals surface area contributed by atoms with Crippen LogP contribution in [0.15, 0.2) is 40.8 Å². The van der Waals surface area contributed by atoms with Gasteiger partial charge in [0, 0.05) is 10.8 Å². The van der Waals surface area contributed by atoms with Gasteiger partial charge in [0.2, 0.25) is 0 Å². The Morgan fingerprint density at radius 1 is 0.750 bits per heavy atom. The average molecular weight is 441 g/mol. The Morgan fingerprint density at radius 2 is 1.31 bits per heavy atom. The molecule has 0 bridgehead atoms.